The second-order valence-electron chi connectivity index (χ2n) is 10.7. The highest BCUT2D eigenvalue weighted by Gasteiger charge is 2.29. The van der Waals surface area contributed by atoms with Crippen LogP contribution in [0.15, 0.2) is 42.5 Å². The smallest absolute Gasteiger partial charge is 0.256 e. The van der Waals surface area contributed by atoms with Crippen LogP contribution in [0.1, 0.15) is 40.9 Å². The number of piperidine rings is 1. The van der Waals surface area contributed by atoms with Crippen LogP contribution < -0.4 is 5.32 Å². The van der Waals surface area contributed by atoms with Crippen LogP contribution >= 0.6 is 0 Å². The topological polar surface area (TPSA) is 60.6 Å². The maximum Gasteiger partial charge on any atom is 0.256 e. The molecule has 38 heavy (non-hydrogen) atoms. The molecule has 0 bridgehead atoms. The van der Waals surface area contributed by atoms with Crippen LogP contribution in [0.3, 0.4) is 0 Å². The summed E-state index contributed by atoms with van der Waals surface area (Å²) in [6.07, 6.45) is 4.35. The Bertz CT molecular complexity index is 1380. The van der Waals surface area contributed by atoms with Gasteiger partial charge in [0.1, 0.15) is 5.82 Å². The van der Waals surface area contributed by atoms with Gasteiger partial charge in [0.05, 0.1) is 18.8 Å². The molecule has 6 rings (SSSR count). The summed E-state index contributed by atoms with van der Waals surface area (Å²) in [5.41, 5.74) is 8.35. The van der Waals surface area contributed by atoms with Crippen LogP contribution in [0, 0.1) is 19.7 Å². The van der Waals surface area contributed by atoms with Crippen LogP contribution in [0.2, 0.25) is 0 Å². The molecule has 2 saturated heterocycles. The fourth-order valence-electron chi connectivity index (χ4n) is 6.23. The van der Waals surface area contributed by atoms with Crippen molar-refractivity contribution < 1.29 is 13.9 Å². The Hall–Kier alpha value is -3.26. The Morgan fingerprint density at radius 3 is 2.58 bits per heavy atom. The normalized spacial score (nSPS) is 20.2. The van der Waals surface area contributed by atoms with Crippen molar-refractivity contribution in [3.05, 3.63) is 76.4 Å². The maximum atomic E-state index is 14.0. The molecule has 2 fully saturated rings. The third-order valence-corrected chi connectivity index (χ3v) is 8.38. The van der Waals surface area contributed by atoms with E-state index in [1.54, 1.807) is 6.07 Å². The van der Waals surface area contributed by atoms with Gasteiger partial charge in [-0.2, -0.15) is 0 Å². The van der Waals surface area contributed by atoms with Crippen LogP contribution in [-0.2, 0) is 16.1 Å². The SMILES string of the molecule is Cc1[nH]c(C=C2C(=O)Nc3cccc(-c4cccc(F)c4)c32)c(C)c1CN1CCC(N2CCOCC2)CC1. The van der Waals surface area contributed by atoms with E-state index >= 15 is 0 Å². The molecule has 4 heterocycles. The van der Waals surface area contributed by atoms with E-state index in [1.807, 2.05) is 30.3 Å². The molecule has 0 aliphatic carbocycles. The molecular formula is C31H35FN4O2. The van der Waals surface area contributed by atoms with Gasteiger partial charge in [-0.25, -0.2) is 4.39 Å². The third-order valence-electron chi connectivity index (χ3n) is 8.38. The standard InChI is InChI=1S/C31H35FN4O2/c1-20-27(19-35-11-9-24(10-12-35)36-13-15-38-16-14-36)21(2)33-29(20)18-26-30-25(22-5-3-6-23(32)17-22)7-4-8-28(30)34-31(26)37/h3-8,17-18,24,33H,9-16,19H2,1-2H3,(H,34,37). The number of fused-ring (bicyclic) bond motifs is 1. The fourth-order valence-corrected chi connectivity index (χ4v) is 6.23. The number of carbonyl (C=O) groups is 1. The van der Waals surface area contributed by atoms with Gasteiger partial charge in [-0.1, -0.05) is 24.3 Å². The first kappa shape index (κ1) is 25.0. The predicted molar refractivity (Wildman–Crippen MR) is 149 cm³/mol. The number of benzene rings is 2. The first-order chi connectivity index (χ1) is 18.5. The second kappa shape index (κ2) is 10.5. The lowest BCUT2D eigenvalue weighted by atomic mass is 9.94. The molecule has 198 valence electrons. The van der Waals surface area contributed by atoms with E-state index in [-0.39, 0.29) is 11.7 Å². The molecule has 6 nitrogen and oxygen atoms in total. The number of morpholine rings is 1. The molecule has 3 aliphatic rings. The Labute approximate surface area is 223 Å². The molecule has 0 radical (unpaired) electrons. The zero-order valence-electron chi connectivity index (χ0n) is 22.1. The van der Waals surface area contributed by atoms with Crippen molar-refractivity contribution >= 4 is 23.2 Å². The number of anilines is 1. The summed E-state index contributed by atoms with van der Waals surface area (Å²) >= 11 is 0. The molecule has 0 spiro atoms. The molecule has 7 heteroatoms. The Morgan fingerprint density at radius 1 is 1.05 bits per heavy atom. The highest BCUT2D eigenvalue weighted by atomic mass is 19.1. The number of ether oxygens (including phenoxy) is 1. The monoisotopic (exact) mass is 514 g/mol. The molecule has 0 saturated carbocycles. The molecular weight excluding hydrogens is 479 g/mol. The van der Waals surface area contributed by atoms with Crippen LogP contribution in [0.5, 0.6) is 0 Å². The van der Waals surface area contributed by atoms with Crippen molar-refractivity contribution in [2.24, 2.45) is 0 Å². The van der Waals surface area contributed by atoms with Crippen molar-refractivity contribution in [1.82, 2.24) is 14.8 Å². The molecule has 0 atom stereocenters. The number of hydrogen-bond acceptors (Lipinski definition) is 4. The number of amides is 1. The Morgan fingerprint density at radius 2 is 1.82 bits per heavy atom. The zero-order valence-corrected chi connectivity index (χ0v) is 22.1. The quantitative estimate of drug-likeness (QED) is 0.458. The first-order valence-electron chi connectivity index (χ1n) is 13.6. The van der Waals surface area contributed by atoms with Gasteiger partial charge in [-0.3, -0.25) is 14.6 Å². The van der Waals surface area contributed by atoms with Gasteiger partial charge in [0, 0.05) is 48.3 Å². The van der Waals surface area contributed by atoms with E-state index in [0.29, 0.717) is 11.6 Å². The number of carbonyl (C=O) groups excluding carboxylic acids is 1. The van der Waals surface area contributed by atoms with Gasteiger partial charge in [0.15, 0.2) is 0 Å². The van der Waals surface area contributed by atoms with Crippen molar-refractivity contribution in [3.63, 3.8) is 0 Å². The van der Waals surface area contributed by atoms with E-state index in [0.717, 1.165) is 79.7 Å². The first-order valence-corrected chi connectivity index (χ1v) is 13.6. The minimum absolute atomic E-state index is 0.137. The highest BCUT2D eigenvalue weighted by molar-refractivity contribution is 6.36. The Balaban J connectivity index is 1.24. The minimum atomic E-state index is -0.294. The molecule has 1 amide bonds. The van der Waals surface area contributed by atoms with Crippen molar-refractivity contribution in [1.29, 1.82) is 0 Å². The lowest BCUT2D eigenvalue weighted by molar-refractivity contribution is -0.110. The number of hydrogen-bond donors (Lipinski definition) is 2. The zero-order chi connectivity index (χ0) is 26.2. The lowest BCUT2D eigenvalue weighted by Gasteiger charge is -2.40. The van der Waals surface area contributed by atoms with Gasteiger partial charge in [0.2, 0.25) is 0 Å². The van der Waals surface area contributed by atoms with Gasteiger partial charge in [0.25, 0.3) is 5.91 Å². The van der Waals surface area contributed by atoms with Gasteiger partial charge in [-0.05, 0) is 86.3 Å². The molecule has 2 aromatic carbocycles. The van der Waals surface area contributed by atoms with Crippen molar-refractivity contribution in [2.75, 3.05) is 44.7 Å². The summed E-state index contributed by atoms with van der Waals surface area (Å²) in [4.78, 5) is 21.8. The molecule has 1 aromatic heterocycles. The van der Waals surface area contributed by atoms with Crippen molar-refractivity contribution in [3.8, 4) is 11.1 Å². The summed E-state index contributed by atoms with van der Waals surface area (Å²) in [6.45, 7) is 11.2. The second-order valence-corrected chi connectivity index (χ2v) is 10.7. The third kappa shape index (κ3) is 4.82. The minimum Gasteiger partial charge on any atom is -0.379 e. The predicted octanol–water partition coefficient (Wildman–Crippen LogP) is 5.23. The van der Waals surface area contributed by atoms with E-state index in [2.05, 4.69) is 33.9 Å². The molecule has 0 unspecified atom stereocenters. The summed E-state index contributed by atoms with van der Waals surface area (Å²) in [5.74, 6) is -0.431. The number of halogens is 1. The van der Waals surface area contributed by atoms with Gasteiger partial charge < -0.3 is 15.0 Å². The average Bonchev–Trinajstić information content (AvgIpc) is 3.39. The number of aryl methyl sites for hydroxylation is 1. The number of nitrogens with zero attached hydrogens (tertiary/aromatic N) is 2. The Kier molecular flexibility index (Phi) is 6.91. The lowest BCUT2D eigenvalue weighted by Crippen LogP contribution is -2.48. The fraction of sp³-hybridized carbons (Fsp3) is 0.387. The average molecular weight is 515 g/mol. The molecule has 3 aromatic rings. The summed E-state index contributed by atoms with van der Waals surface area (Å²) < 4.78 is 19.5. The van der Waals surface area contributed by atoms with E-state index in [9.17, 15) is 9.18 Å². The van der Waals surface area contributed by atoms with Crippen molar-refractivity contribution in [2.45, 2.75) is 39.3 Å². The van der Waals surface area contributed by atoms with E-state index in [1.165, 1.54) is 36.1 Å². The summed E-state index contributed by atoms with van der Waals surface area (Å²) in [6, 6.07) is 12.9. The van der Waals surface area contributed by atoms with Gasteiger partial charge in [-0.15, -0.1) is 0 Å². The van der Waals surface area contributed by atoms with Crippen LogP contribution in [-0.4, -0.2) is 66.1 Å². The van der Waals surface area contributed by atoms with Crippen LogP contribution in [0.4, 0.5) is 10.1 Å². The number of rotatable bonds is 5. The molecule has 3 aliphatic heterocycles. The molecule has 2 N–H and O–H groups in total. The number of aromatic nitrogens is 1. The summed E-state index contributed by atoms with van der Waals surface area (Å²) in [7, 11) is 0. The highest BCUT2D eigenvalue weighted by Crippen LogP contribution is 2.41. The largest absolute Gasteiger partial charge is 0.379 e. The van der Waals surface area contributed by atoms with Gasteiger partial charge >= 0.3 is 0 Å². The van der Waals surface area contributed by atoms with E-state index in [4.69, 9.17) is 4.74 Å². The maximum absolute atomic E-state index is 14.0. The number of H-pyrrole nitrogens is 1. The number of likely N-dealkylation sites (tertiary alicyclic amines) is 1. The number of aromatic amines is 1. The summed E-state index contributed by atoms with van der Waals surface area (Å²) in [5, 5.41) is 3.00. The van der Waals surface area contributed by atoms with E-state index < -0.39 is 0 Å². The van der Waals surface area contributed by atoms with Crippen LogP contribution in [0.25, 0.3) is 22.8 Å². The number of nitrogens with one attached hydrogen (secondary N) is 2.